The van der Waals surface area contributed by atoms with Crippen LogP contribution in [0, 0.1) is 19.0 Å². The van der Waals surface area contributed by atoms with Crippen molar-refractivity contribution < 1.29 is 28.6 Å². The Morgan fingerprint density at radius 1 is 0.622 bits per heavy atom. The van der Waals surface area contributed by atoms with Gasteiger partial charge in [-0.25, -0.2) is 0 Å². The van der Waals surface area contributed by atoms with Crippen molar-refractivity contribution in [1.29, 1.82) is 0 Å². The third kappa shape index (κ3) is 9.97. The minimum atomic E-state index is -2.39. The molecule has 0 saturated heterocycles. The van der Waals surface area contributed by atoms with E-state index in [4.69, 9.17) is 13.5 Å². The van der Waals surface area contributed by atoms with E-state index < -0.39 is 14.9 Å². The molecule has 0 aliphatic heterocycles. The second-order valence-electron chi connectivity index (χ2n) is 23.6. The third-order valence-corrected chi connectivity index (χ3v) is 16.5. The first-order chi connectivity index (χ1) is 35.9. The van der Waals surface area contributed by atoms with E-state index in [2.05, 4.69) is 208 Å². The molecule has 377 valence electrons. The van der Waals surface area contributed by atoms with E-state index in [0.717, 1.165) is 60.8 Å². The molecule has 0 aliphatic rings. The van der Waals surface area contributed by atoms with Gasteiger partial charge in [0, 0.05) is 41.5 Å². The van der Waals surface area contributed by atoms with Crippen LogP contribution in [0.5, 0.6) is 0 Å². The van der Waals surface area contributed by atoms with E-state index in [0.29, 0.717) is 28.0 Å². The molecule has 0 saturated carbocycles. The first-order valence-electron chi connectivity index (χ1n) is 27.4. The van der Waals surface area contributed by atoms with Crippen LogP contribution in [0.2, 0.25) is 19.6 Å². The predicted octanol–water partition coefficient (Wildman–Crippen LogP) is 18.6. The summed E-state index contributed by atoms with van der Waals surface area (Å²) in [5.74, 6) is 0.773. The van der Waals surface area contributed by atoms with Gasteiger partial charge in [-0.05, 0) is 131 Å². The molecule has 11 aromatic rings. The van der Waals surface area contributed by atoms with Gasteiger partial charge in [0.1, 0.15) is 5.58 Å². The molecule has 11 rings (SSSR count). The van der Waals surface area contributed by atoms with Crippen LogP contribution in [0.25, 0.3) is 94.0 Å². The van der Waals surface area contributed by atoms with Crippen molar-refractivity contribution in [3.05, 3.63) is 192 Å². The van der Waals surface area contributed by atoms with Gasteiger partial charge in [0.05, 0.1) is 30.5 Å². The number of benzene rings is 8. The number of nitrogens with zero attached hydrogens (tertiary/aromatic N) is 3. The molecule has 1 radical (unpaired) electrons. The fourth-order valence-corrected chi connectivity index (χ4v) is 11.2. The van der Waals surface area contributed by atoms with E-state index in [1.165, 1.54) is 32.6 Å². The van der Waals surface area contributed by atoms with Gasteiger partial charge in [0.15, 0.2) is 0 Å². The van der Waals surface area contributed by atoms with E-state index >= 15 is 0 Å². The van der Waals surface area contributed by atoms with Crippen LogP contribution in [0.4, 0.5) is 0 Å². The van der Waals surface area contributed by atoms with Crippen molar-refractivity contribution in [2.75, 3.05) is 0 Å². The fraction of sp³-hybridized carbons (Fsp3) is 0.265. The van der Waals surface area contributed by atoms with E-state index in [1.807, 2.05) is 42.6 Å². The average molecular weight is 1170 g/mol. The first-order valence-corrected chi connectivity index (χ1v) is 29.4. The second kappa shape index (κ2) is 20.0. The maximum Gasteiger partial charge on any atom is 0.121 e. The minimum Gasteiger partial charge on any atom is -0.501 e. The van der Waals surface area contributed by atoms with E-state index in [-0.39, 0.29) is 48.3 Å². The van der Waals surface area contributed by atoms with Crippen molar-refractivity contribution >= 4 is 67.8 Å². The number of aromatic nitrogens is 3. The number of rotatable bonds is 7. The molecule has 0 unspecified atom stereocenters. The molecule has 3 aromatic heterocycles. The molecule has 74 heavy (non-hydrogen) atoms. The number of hydrogen-bond donors (Lipinski definition) is 0. The Hall–Kier alpha value is -6.43. The zero-order chi connectivity index (χ0) is 54.2. The average Bonchev–Trinajstić information content (AvgIpc) is 4.18. The monoisotopic (exact) mass is 1170 g/mol. The largest absolute Gasteiger partial charge is 0.501 e. The Kier molecular flexibility index (Phi) is 13.1. The second-order valence-corrected chi connectivity index (χ2v) is 28.6. The molecule has 8 aromatic carbocycles. The summed E-state index contributed by atoms with van der Waals surface area (Å²) < 4.78 is 35.4. The Labute approximate surface area is 457 Å². The first kappa shape index (κ1) is 48.5. The summed E-state index contributed by atoms with van der Waals surface area (Å²) in [6.45, 7) is 27.2. The molecule has 4 nitrogen and oxygen atoms in total. The normalized spacial score (nSPS) is 13.1. The van der Waals surface area contributed by atoms with E-state index in [9.17, 15) is 0 Å². The quantitative estimate of drug-likeness (QED) is 0.0907. The van der Waals surface area contributed by atoms with Crippen LogP contribution in [0.1, 0.15) is 113 Å². The molecule has 0 N–H and O–H groups in total. The van der Waals surface area contributed by atoms with Crippen LogP contribution >= 0.6 is 0 Å². The standard InChI is InChI=1S/C54H53N2O.C14H16NSi.Ir/c1-31(2)43-27-37(36-24-38(53(6,7)8)29-39(25-36)54(9,10)11)28-44(32(3)4)50(43)56-49-33(5)16-14-21-47(49)55-52(56)42-20-15-19-41-46-26-35-23-22-34-17-12-13-18-40(34)45(35)30-48(46)57-51(41)42;1-16(2,3)13-9-10-14(15-11-13)12-7-5-4-6-8-12;/h12-19,21-32H,1-11H3;4-7,9-11H,1-3H3;/q2*-1;/i5D3;;. The van der Waals surface area contributed by atoms with Crippen molar-refractivity contribution in [2.45, 2.75) is 118 Å². The zero-order valence-corrected chi connectivity index (χ0v) is 48.6. The number of pyridine rings is 1. The number of furan rings is 1. The third-order valence-electron chi connectivity index (χ3n) is 14.4. The smallest absolute Gasteiger partial charge is 0.121 e. The number of hydrogen-bond acceptors (Lipinski definition) is 3. The van der Waals surface area contributed by atoms with Gasteiger partial charge in [-0.3, -0.25) is 4.98 Å². The Bertz CT molecular complexity index is 3920. The fourth-order valence-electron chi connectivity index (χ4n) is 10.1. The Morgan fingerprint density at radius 3 is 1.92 bits per heavy atom. The predicted molar refractivity (Wildman–Crippen MR) is 315 cm³/mol. The molecule has 0 bridgehead atoms. The van der Waals surface area contributed by atoms with Crippen molar-refractivity contribution in [1.82, 2.24) is 14.5 Å². The van der Waals surface area contributed by atoms with E-state index in [1.54, 1.807) is 12.1 Å². The van der Waals surface area contributed by atoms with Gasteiger partial charge in [-0.1, -0.05) is 179 Å². The molecule has 0 spiro atoms. The molecule has 0 amide bonds. The summed E-state index contributed by atoms with van der Waals surface area (Å²) in [6, 6.07) is 57.3. The maximum absolute atomic E-state index is 8.79. The number of para-hydroxylation sites is 1. The topological polar surface area (TPSA) is 43.9 Å². The minimum absolute atomic E-state index is 0. The van der Waals surface area contributed by atoms with Gasteiger partial charge < -0.3 is 14.0 Å². The van der Waals surface area contributed by atoms with Crippen molar-refractivity contribution in [2.24, 2.45) is 0 Å². The van der Waals surface area contributed by atoms with Gasteiger partial charge in [0.2, 0.25) is 0 Å². The van der Waals surface area contributed by atoms with Crippen molar-refractivity contribution in [3.8, 4) is 39.5 Å². The van der Waals surface area contributed by atoms with Gasteiger partial charge in [-0.2, -0.15) is 0 Å². The molecular weight excluding hydrogens is 1100 g/mol. The van der Waals surface area contributed by atoms with Crippen LogP contribution in [0.15, 0.2) is 156 Å². The summed E-state index contributed by atoms with van der Waals surface area (Å²) in [5.41, 5.74) is 13.7. The molecule has 0 atom stereocenters. The van der Waals surface area contributed by atoms with Crippen LogP contribution < -0.4 is 5.19 Å². The maximum atomic E-state index is 8.79. The SMILES string of the molecule is C[Si](C)(C)c1ccc(-c2[c-]cccc2)nc1.[2H]C([2H])([2H])c1cccc2nc(-c3[c-]ccc4c3oc3cc5c(ccc6ccccc65)cc34)n(-c3c(C(C)C)cc(-c4cc(C(C)(C)C)cc(C(C)(C)C)c4)cc3C(C)C)c12.[Ir]. The Morgan fingerprint density at radius 2 is 1.30 bits per heavy atom. The Balaban J connectivity index is 0.000000364. The van der Waals surface area contributed by atoms with Crippen molar-refractivity contribution in [3.63, 3.8) is 0 Å². The number of imidazole rings is 1. The summed E-state index contributed by atoms with van der Waals surface area (Å²) in [7, 11) is -1.23. The molecule has 6 heteroatoms. The molecule has 0 fully saturated rings. The van der Waals surface area contributed by atoms with Crippen LogP contribution in [0.3, 0.4) is 0 Å². The summed E-state index contributed by atoms with van der Waals surface area (Å²) >= 11 is 0. The summed E-state index contributed by atoms with van der Waals surface area (Å²) in [5, 5.41) is 7.99. The molecular formula is C68H69IrN3OSi-2. The summed E-state index contributed by atoms with van der Waals surface area (Å²) in [4.78, 5) is 9.85. The van der Waals surface area contributed by atoms with Crippen LogP contribution in [-0.2, 0) is 30.9 Å². The zero-order valence-electron chi connectivity index (χ0n) is 48.2. The van der Waals surface area contributed by atoms with Gasteiger partial charge >= 0.3 is 0 Å². The van der Waals surface area contributed by atoms with Gasteiger partial charge in [-0.15, -0.1) is 54.1 Å². The van der Waals surface area contributed by atoms with Gasteiger partial charge in [0.25, 0.3) is 0 Å². The molecule has 3 heterocycles. The van der Waals surface area contributed by atoms with Crippen LogP contribution in [-0.4, -0.2) is 22.6 Å². The molecule has 0 aliphatic carbocycles. The summed E-state index contributed by atoms with van der Waals surface area (Å²) in [6.07, 6.45) is 2.02. The number of aryl methyl sites for hydroxylation is 1. The number of fused-ring (bicyclic) bond motifs is 7.